The Bertz CT molecular complexity index is 861. The summed E-state index contributed by atoms with van der Waals surface area (Å²) in [5.74, 6) is 0.214. The number of amides is 2. The number of hydrogen-bond acceptors (Lipinski definition) is 3. The summed E-state index contributed by atoms with van der Waals surface area (Å²) in [6.45, 7) is 2.17. The molecule has 1 aliphatic carbocycles. The predicted molar refractivity (Wildman–Crippen MR) is 112 cm³/mol. The fourth-order valence-corrected chi connectivity index (χ4v) is 4.36. The summed E-state index contributed by atoms with van der Waals surface area (Å²) in [4.78, 5) is 26.4. The number of hydrogen-bond donors (Lipinski definition) is 2. The van der Waals surface area contributed by atoms with Crippen molar-refractivity contribution in [2.45, 2.75) is 44.2 Å². The molecule has 5 nitrogen and oxygen atoms in total. The first kappa shape index (κ1) is 19.6. The minimum atomic E-state index is -0.228. The zero-order chi connectivity index (χ0) is 20.4. The second kappa shape index (κ2) is 8.37. The lowest BCUT2D eigenvalue weighted by Gasteiger charge is -2.55. The van der Waals surface area contributed by atoms with E-state index in [0.717, 1.165) is 29.5 Å². The third-order valence-corrected chi connectivity index (χ3v) is 6.14. The topological polar surface area (TPSA) is 69.6 Å². The summed E-state index contributed by atoms with van der Waals surface area (Å²) in [6, 6.07) is 18.2. The fourth-order valence-electron chi connectivity index (χ4n) is 4.36. The van der Waals surface area contributed by atoms with Gasteiger partial charge >= 0.3 is 0 Å². The molecule has 0 aromatic heterocycles. The van der Waals surface area contributed by atoms with Crippen LogP contribution in [-0.2, 0) is 9.59 Å². The highest BCUT2D eigenvalue weighted by molar-refractivity contribution is 5.83. The van der Waals surface area contributed by atoms with Crippen molar-refractivity contribution in [3.05, 3.63) is 60.2 Å². The average molecular weight is 392 g/mol. The molecule has 2 aliphatic rings. The molecule has 5 heteroatoms. The Labute approximate surface area is 171 Å². The highest BCUT2D eigenvalue weighted by Crippen LogP contribution is 2.44. The van der Waals surface area contributed by atoms with Gasteiger partial charge in [-0.2, -0.15) is 0 Å². The van der Waals surface area contributed by atoms with Crippen LogP contribution in [0, 0.1) is 5.92 Å². The maximum Gasteiger partial charge on any atom is 0.226 e. The van der Waals surface area contributed by atoms with Crippen molar-refractivity contribution in [3.8, 4) is 11.1 Å². The van der Waals surface area contributed by atoms with Gasteiger partial charge in [-0.05, 0) is 29.5 Å². The molecule has 0 bridgehead atoms. The van der Waals surface area contributed by atoms with Gasteiger partial charge in [0, 0.05) is 24.8 Å². The van der Waals surface area contributed by atoms with E-state index in [1.54, 1.807) is 0 Å². The Kier molecular flexibility index (Phi) is 5.67. The van der Waals surface area contributed by atoms with Crippen molar-refractivity contribution in [3.63, 3.8) is 0 Å². The Morgan fingerprint density at radius 1 is 1.00 bits per heavy atom. The molecule has 1 heterocycles. The van der Waals surface area contributed by atoms with E-state index in [1.165, 1.54) is 0 Å². The number of likely N-dealkylation sites (tertiary alicyclic amines) is 1. The Hall–Kier alpha value is -2.66. The molecule has 2 amide bonds. The zero-order valence-corrected chi connectivity index (χ0v) is 16.8. The molecule has 0 radical (unpaired) electrons. The summed E-state index contributed by atoms with van der Waals surface area (Å²) in [6.07, 6.45) is 2.28. The SMILES string of the molecule is CCC(=O)NC[C@@H]1[C@H](c2ccc(-c3ccccc3)cc2)[C@H](CO)N1C(=O)C1CC1. The molecule has 2 N–H and O–H groups in total. The third kappa shape index (κ3) is 3.92. The second-order valence-corrected chi connectivity index (χ2v) is 8.01. The molecule has 152 valence electrons. The van der Waals surface area contributed by atoms with Crippen molar-refractivity contribution >= 4 is 11.8 Å². The van der Waals surface area contributed by atoms with Crippen LogP contribution in [0.2, 0.25) is 0 Å². The van der Waals surface area contributed by atoms with Crippen LogP contribution in [-0.4, -0.2) is 47.1 Å². The van der Waals surface area contributed by atoms with E-state index >= 15 is 0 Å². The average Bonchev–Trinajstić information content (AvgIpc) is 3.59. The molecule has 4 rings (SSSR count). The van der Waals surface area contributed by atoms with Gasteiger partial charge in [0.2, 0.25) is 11.8 Å². The number of aliphatic hydroxyl groups is 1. The smallest absolute Gasteiger partial charge is 0.226 e. The van der Waals surface area contributed by atoms with Gasteiger partial charge < -0.3 is 15.3 Å². The molecule has 2 aromatic rings. The minimum Gasteiger partial charge on any atom is -0.394 e. The van der Waals surface area contributed by atoms with Crippen LogP contribution >= 0.6 is 0 Å². The molecule has 3 atom stereocenters. The van der Waals surface area contributed by atoms with Crippen molar-refractivity contribution in [1.29, 1.82) is 0 Å². The first-order valence-electron chi connectivity index (χ1n) is 10.5. The van der Waals surface area contributed by atoms with Crippen LogP contribution in [0.25, 0.3) is 11.1 Å². The lowest BCUT2D eigenvalue weighted by Crippen LogP contribution is -2.68. The number of nitrogens with one attached hydrogen (secondary N) is 1. The zero-order valence-electron chi connectivity index (χ0n) is 16.8. The Morgan fingerprint density at radius 2 is 1.66 bits per heavy atom. The van der Waals surface area contributed by atoms with Crippen LogP contribution in [0.1, 0.15) is 37.7 Å². The summed E-state index contributed by atoms with van der Waals surface area (Å²) in [7, 11) is 0. The summed E-state index contributed by atoms with van der Waals surface area (Å²) >= 11 is 0. The maximum atomic E-state index is 12.8. The van der Waals surface area contributed by atoms with E-state index in [9.17, 15) is 14.7 Å². The molecular weight excluding hydrogens is 364 g/mol. The normalized spacial score (nSPS) is 23.4. The van der Waals surface area contributed by atoms with Gasteiger partial charge in [0.05, 0.1) is 18.7 Å². The van der Waals surface area contributed by atoms with Gasteiger partial charge in [0.25, 0.3) is 0 Å². The molecule has 2 aromatic carbocycles. The number of rotatable bonds is 7. The summed E-state index contributed by atoms with van der Waals surface area (Å²) in [5.41, 5.74) is 3.39. The quantitative estimate of drug-likeness (QED) is 0.761. The molecule has 2 fully saturated rings. The maximum absolute atomic E-state index is 12.8. The van der Waals surface area contributed by atoms with Crippen LogP contribution < -0.4 is 5.32 Å². The van der Waals surface area contributed by atoms with Crippen molar-refractivity contribution < 1.29 is 14.7 Å². The lowest BCUT2D eigenvalue weighted by molar-refractivity contribution is -0.152. The van der Waals surface area contributed by atoms with Gasteiger partial charge in [-0.1, -0.05) is 61.5 Å². The van der Waals surface area contributed by atoms with Crippen LogP contribution in [0.5, 0.6) is 0 Å². The van der Waals surface area contributed by atoms with E-state index in [-0.39, 0.29) is 42.3 Å². The Morgan fingerprint density at radius 3 is 2.24 bits per heavy atom. The van der Waals surface area contributed by atoms with Gasteiger partial charge in [0.1, 0.15) is 0 Å². The van der Waals surface area contributed by atoms with Gasteiger partial charge in [-0.25, -0.2) is 0 Å². The monoisotopic (exact) mass is 392 g/mol. The van der Waals surface area contributed by atoms with Crippen molar-refractivity contribution in [1.82, 2.24) is 10.2 Å². The number of carbonyl (C=O) groups excluding carboxylic acids is 2. The number of carbonyl (C=O) groups is 2. The van der Waals surface area contributed by atoms with Crippen molar-refractivity contribution in [2.75, 3.05) is 13.2 Å². The number of benzene rings is 2. The molecule has 1 saturated heterocycles. The number of aliphatic hydroxyl groups excluding tert-OH is 1. The first-order chi connectivity index (χ1) is 14.1. The first-order valence-corrected chi connectivity index (χ1v) is 10.5. The largest absolute Gasteiger partial charge is 0.394 e. The molecule has 0 unspecified atom stereocenters. The molecule has 29 heavy (non-hydrogen) atoms. The van der Waals surface area contributed by atoms with Gasteiger partial charge in [-0.15, -0.1) is 0 Å². The predicted octanol–water partition coefficient (Wildman–Crippen LogP) is 2.95. The second-order valence-electron chi connectivity index (χ2n) is 8.01. The van der Waals surface area contributed by atoms with E-state index in [2.05, 4.69) is 41.7 Å². The highest BCUT2D eigenvalue weighted by atomic mass is 16.3. The van der Waals surface area contributed by atoms with Gasteiger partial charge in [-0.3, -0.25) is 9.59 Å². The van der Waals surface area contributed by atoms with Crippen molar-refractivity contribution in [2.24, 2.45) is 5.92 Å². The van der Waals surface area contributed by atoms with Crippen LogP contribution in [0.3, 0.4) is 0 Å². The molecule has 0 spiro atoms. The fraction of sp³-hybridized carbons (Fsp3) is 0.417. The van der Waals surface area contributed by atoms with Crippen LogP contribution in [0.4, 0.5) is 0 Å². The van der Waals surface area contributed by atoms with E-state index in [1.807, 2.05) is 30.0 Å². The Balaban J connectivity index is 1.57. The molecule has 1 saturated carbocycles. The third-order valence-electron chi connectivity index (χ3n) is 6.14. The van der Waals surface area contributed by atoms with Crippen LogP contribution in [0.15, 0.2) is 54.6 Å². The molecule has 1 aliphatic heterocycles. The molecular formula is C24H28N2O3. The number of nitrogens with zero attached hydrogens (tertiary/aromatic N) is 1. The summed E-state index contributed by atoms with van der Waals surface area (Å²) < 4.78 is 0. The van der Waals surface area contributed by atoms with E-state index < -0.39 is 0 Å². The minimum absolute atomic E-state index is 0.0182. The summed E-state index contributed by atoms with van der Waals surface area (Å²) in [5, 5.41) is 13.0. The van der Waals surface area contributed by atoms with E-state index in [4.69, 9.17) is 0 Å². The highest BCUT2D eigenvalue weighted by Gasteiger charge is 2.53. The lowest BCUT2D eigenvalue weighted by atomic mass is 9.74. The standard InChI is InChI=1S/C24H28N2O3/c1-2-22(28)25-14-20-23(21(15-27)26(20)24(29)19-12-13-19)18-10-8-17(9-11-18)16-6-4-3-5-7-16/h3-11,19-21,23,27H,2,12-15H2,1H3,(H,25,28)/t20-,21+,23+/m1/s1. The van der Waals surface area contributed by atoms with Gasteiger partial charge in [0.15, 0.2) is 0 Å². The van der Waals surface area contributed by atoms with E-state index in [0.29, 0.717) is 13.0 Å².